The number of carbonyl (C=O) groups is 1. The van der Waals surface area contributed by atoms with Crippen LogP contribution in [0.15, 0.2) is 18.2 Å². The minimum atomic E-state index is -0.568. The zero-order valence-corrected chi connectivity index (χ0v) is 12.9. The van der Waals surface area contributed by atoms with E-state index in [9.17, 15) is 4.79 Å². The summed E-state index contributed by atoms with van der Waals surface area (Å²) in [6.07, 6.45) is 0.515. The highest BCUT2D eigenvalue weighted by Crippen LogP contribution is 2.22. The number of carbonyl (C=O) groups excluding carboxylic acids is 1. The van der Waals surface area contributed by atoms with Crippen molar-refractivity contribution in [3.05, 3.63) is 28.8 Å². The number of aryl methyl sites for hydroxylation is 1. The van der Waals surface area contributed by atoms with Gasteiger partial charge in [0.25, 0.3) is 5.91 Å². The molecule has 0 saturated carbocycles. The zero-order valence-electron chi connectivity index (χ0n) is 12.1. The molecule has 0 heterocycles. The summed E-state index contributed by atoms with van der Waals surface area (Å²) in [4.78, 5) is 11.8. The third-order valence-electron chi connectivity index (χ3n) is 2.91. The van der Waals surface area contributed by atoms with E-state index >= 15 is 0 Å². The Morgan fingerprint density at radius 1 is 1.45 bits per heavy atom. The molecule has 1 rings (SSSR count). The average Bonchev–Trinajstić information content (AvgIpc) is 2.37. The van der Waals surface area contributed by atoms with Crippen LogP contribution in [-0.4, -0.2) is 29.8 Å². The Morgan fingerprint density at radius 2 is 2.15 bits per heavy atom. The second kappa shape index (κ2) is 8.12. The van der Waals surface area contributed by atoms with E-state index in [4.69, 9.17) is 21.4 Å². The van der Waals surface area contributed by atoms with E-state index in [1.807, 2.05) is 6.92 Å². The molecule has 0 aliphatic carbocycles. The highest BCUT2D eigenvalue weighted by Gasteiger charge is 2.15. The van der Waals surface area contributed by atoms with E-state index in [-0.39, 0.29) is 12.0 Å². The van der Waals surface area contributed by atoms with Crippen molar-refractivity contribution in [2.24, 2.45) is 0 Å². The lowest BCUT2D eigenvalue weighted by molar-refractivity contribution is -0.127. The fraction of sp³-hybridized carbons (Fsp3) is 0.533. The number of nitrogens with one attached hydrogen (secondary N) is 1. The second-order valence-corrected chi connectivity index (χ2v) is 5.39. The lowest BCUT2D eigenvalue weighted by Gasteiger charge is -2.16. The lowest BCUT2D eigenvalue weighted by atomic mass is 10.2. The van der Waals surface area contributed by atoms with Crippen LogP contribution in [0.4, 0.5) is 0 Å². The summed E-state index contributed by atoms with van der Waals surface area (Å²) in [6, 6.07) is 5.29. The number of ether oxygens (including phenoxy) is 1. The van der Waals surface area contributed by atoms with Crippen molar-refractivity contribution in [2.75, 3.05) is 6.54 Å². The summed E-state index contributed by atoms with van der Waals surface area (Å²) in [5, 5.41) is 12.6. The Morgan fingerprint density at radius 3 is 2.75 bits per heavy atom. The van der Waals surface area contributed by atoms with Gasteiger partial charge in [-0.1, -0.05) is 11.6 Å². The maximum absolute atomic E-state index is 11.8. The summed E-state index contributed by atoms with van der Waals surface area (Å²) in [7, 11) is 0. The SMILES string of the molecule is Cc1cc(Cl)ccc1OC(C)C(=O)NCCCC(C)O. The summed E-state index contributed by atoms with van der Waals surface area (Å²) in [5.41, 5.74) is 0.895. The Labute approximate surface area is 125 Å². The van der Waals surface area contributed by atoms with E-state index in [0.717, 1.165) is 12.0 Å². The van der Waals surface area contributed by atoms with Gasteiger partial charge in [-0.2, -0.15) is 0 Å². The largest absolute Gasteiger partial charge is 0.481 e. The third-order valence-corrected chi connectivity index (χ3v) is 3.14. The first kappa shape index (κ1) is 16.8. The number of benzene rings is 1. The Kier molecular flexibility index (Phi) is 6.82. The van der Waals surface area contributed by atoms with Gasteiger partial charge < -0.3 is 15.2 Å². The quantitative estimate of drug-likeness (QED) is 0.761. The van der Waals surface area contributed by atoms with Crippen LogP contribution < -0.4 is 10.1 Å². The van der Waals surface area contributed by atoms with Crippen molar-refractivity contribution in [3.63, 3.8) is 0 Å². The van der Waals surface area contributed by atoms with Crippen LogP contribution >= 0.6 is 11.6 Å². The van der Waals surface area contributed by atoms with Crippen LogP contribution in [0.2, 0.25) is 5.02 Å². The fourth-order valence-corrected chi connectivity index (χ4v) is 1.97. The molecule has 1 aromatic rings. The van der Waals surface area contributed by atoms with Gasteiger partial charge in [-0.3, -0.25) is 4.79 Å². The normalized spacial score (nSPS) is 13.7. The number of hydrogen-bond donors (Lipinski definition) is 2. The monoisotopic (exact) mass is 299 g/mol. The van der Waals surface area contributed by atoms with Crippen LogP contribution in [0.1, 0.15) is 32.3 Å². The first-order valence-electron chi connectivity index (χ1n) is 6.78. The maximum Gasteiger partial charge on any atom is 0.260 e. The van der Waals surface area contributed by atoms with Crippen molar-refractivity contribution < 1.29 is 14.6 Å². The minimum Gasteiger partial charge on any atom is -0.481 e. The van der Waals surface area contributed by atoms with Crippen molar-refractivity contribution in [2.45, 2.75) is 45.8 Å². The molecule has 1 aromatic carbocycles. The third kappa shape index (κ3) is 5.80. The number of amides is 1. The van der Waals surface area contributed by atoms with Crippen molar-refractivity contribution >= 4 is 17.5 Å². The van der Waals surface area contributed by atoms with Gasteiger partial charge in [-0.25, -0.2) is 0 Å². The summed E-state index contributed by atoms with van der Waals surface area (Å²) in [6.45, 7) is 5.86. The zero-order chi connectivity index (χ0) is 15.1. The van der Waals surface area contributed by atoms with Crippen LogP contribution in [-0.2, 0) is 4.79 Å². The Hall–Kier alpha value is -1.26. The molecule has 2 unspecified atom stereocenters. The highest BCUT2D eigenvalue weighted by molar-refractivity contribution is 6.30. The molecule has 112 valence electrons. The topological polar surface area (TPSA) is 58.6 Å². The fourth-order valence-electron chi connectivity index (χ4n) is 1.74. The van der Waals surface area contributed by atoms with Gasteiger partial charge in [0.1, 0.15) is 5.75 Å². The van der Waals surface area contributed by atoms with Gasteiger partial charge in [-0.05, 0) is 57.4 Å². The summed E-state index contributed by atoms with van der Waals surface area (Å²) >= 11 is 5.87. The molecule has 1 amide bonds. The first-order chi connectivity index (χ1) is 9.40. The molecule has 0 saturated heterocycles. The second-order valence-electron chi connectivity index (χ2n) is 4.95. The molecule has 0 aliphatic rings. The van der Waals surface area contributed by atoms with Crippen LogP contribution in [0.3, 0.4) is 0 Å². The van der Waals surface area contributed by atoms with Gasteiger partial charge in [0, 0.05) is 11.6 Å². The molecule has 0 aliphatic heterocycles. The van der Waals surface area contributed by atoms with Crippen molar-refractivity contribution in [1.82, 2.24) is 5.32 Å². The van der Waals surface area contributed by atoms with E-state index in [0.29, 0.717) is 23.7 Å². The molecule has 0 aromatic heterocycles. The first-order valence-corrected chi connectivity index (χ1v) is 7.16. The summed E-state index contributed by atoms with van der Waals surface area (Å²) in [5.74, 6) is 0.492. The molecule has 2 N–H and O–H groups in total. The van der Waals surface area contributed by atoms with Gasteiger partial charge in [0.15, 0.2) is 6.10 Å². The van der Waals surface area contributed by atoms with Gasteiger partial charge in [0.2, 0.25) is 0 Å². The van der Waals surface area contributed by atoms with E-state index < -0.39 is 6.10 Å². The predicted octanol–water partition coefficient (Wildman–Crippen LogP) is 2.69. The Bertz CT molecular complexity index is 449. The van der Waals surface area contributed by atoms with Crippen molar-refractivity contribution in [1.29, 1.82) is 0 Å². The summed E-state index contributed by atoms with van der Waals surface area (Å²) < 4.78 is 5.62. The van der Waals surface area contributed by atoms with Crippen LogP contribution in [0.25, 0.3) is 0 Å². The number of hydrogen-bond acceptors (Lipinski definition) is 3. The van der Waals surface area contributed by atoms with Gasteiger partial charge >= 0.3 is 0 Å². The highest BCUT2D eigenvalue weighted by atomic mass is 35.5. The molecule has 5 heteroatoms. The van der Waals surface area contributed by atoms with E-state index in [1.165, 1.54) is 0 Å². The number of aliphatic hydroxyl groups excluding tert-OH is 1. The van der Waals surface area contributed by atoms with Crippen molar-refractivity contribution in [3.8, 4) is 5.75 Å². The lowest BCUT2D eigenvalue weighted by Crippen LogP contribution is -2.37. The standard InChI is InChI=1S/C15H22ClNO3/c1-10-9-13(16)6-7-14(10)20-12(3)15(19)17-8-4-5-11(2)18/h6-7,9,11-12,18H,4-5,8H2,1-3H3,(H,17,19). The molecular formula is C15H22ClNO3. The minimum absolute atomic E-state index is 0.162. The average molecular weight is 300 g/mol. The van der Waals surface area contributed by atoms with E-state index in [2.05, 4.69) is 5.32 Å². The van der Waals surface area contributed by atoms with Crippen LogP contribution in [0, 0.1) is 6.92 Å². The maximum atomic E-state index is 11.8. The Balaban J connectivity index is 2.41. The number of aliphatic hydroxyl groups is 1. The molecule has 20 heavy (non-hydrogen) atoms. The molecular weight excluding hydrogens is 278 g/mol. The van der Waals surface area contributed by atoms with E-state index in [1.54, 1.807) is 32.0 Å². The molecule has 0 fully saturated rings. The smallest absolute Gasteiger partial charge is 0.260 e. The van der Waals surface area contributed by atoms with Crippen LogP contribution in [0.5, 0.6) is 5.75 Å². The molecule has 2 atom stereocenters. The molecule has 0 spiro atoms. The molecule has 4 nitrogen and oxygen atoms in total. The molecule has 0 radical (unpaired) electrons. The number of rotatable bonds is 7. The van der Waals surface area contributed by atoms with Gasteiger partial charge in [-0.15, -0.1) is 0 Å². The van der Waals surface area contributed by atoms with Gasteiger partial charge in [0.05, 0.1) is 6.10 Å². The predicted molar refractivity (Wildman–Crippen MR) is 80.2 cm³/mol. The molecule has 0 bridgehead atoms. The number of halogens is 1.